The molecule has 1 aliphatic heterocycles. The summed E-state index contributed by atoms with van der Waals surface area (Å²) in [6.07, 6.45) is -0.0957. The number of aliphatic carboxylic acids is 2. The van der Waals surface area contributed by atoms with Crippen molar-refractivity contribution >= 4 is 23.7 Å². The van der Waals surface area contributed by atoms with Gasteiger partial charge in [-0.05, 0) is 29.7 Å². The number of nitrogens with two attached hydrogens (primary N) is 1. The van der Waals surface area contributed by atoms with Gasteiger partial charge in [-0.3, -0.25) is 19.8 Å². The molecule has 3 rings (SSSR count). The summed E-state index contributed by atoms with van der Waals surface area (Å²) in [5.74, 6) is -2.91. The number of nitrogens with zero attached hydrogens (tertiary/aromatic N) is 1. The van der Waals surface area contributed by atoms with Crippen molar-refractivity contribution in [1.82, 2.24) is 4.90 Å². The minimum absolute atomic E-state index is 0.00299. The number of amides is 1. The van der Waals surface area contributed by atoms with E-state index in [-0.39, 0.29) is 25.3 Å². The van der Waals surface area contributed by atoms with Gasteiger partial charge in [-0.2, -0.15) is 0 Å². The van der Waals surface area contributed by atoms with Crippen molar-refractivity contribution in [2.75, 3.05) is 13.2 Å². The van der Waals surface area contributed by atoms with E-state index in [9.17, 15) is 14.4 Å². The number of carboxylic acid groups (broad SMARTS) is 2. The maximum Gasteiger partial charge on any atom is 0.323 e. The van der Waals surface area contributed by atoms with Gasteiger partial charge in [-0.1, -0.05) is 36.4 Å². The van der Waals surface area contributed by atoms with Gasteiger partial charge in [-0.25, -0.2) is 0 Å². The van der Waals surface area contributed by atoms with Crippen molar-refractivity contribution in [2.45, 2.75) is 18.9 Å². The number of benzene rings is 2. The number of amidine groups is 1. The summed E-state index contributed by atoms with van der Waals surface area (Å²) in [7, 11) is 0. The third kappa shape index (κ3) is 5.39. The molecule has 0 saturated carbocycles. The van der Waals surface area contributed by atoms with Crippen molar-refractivity contribution in [1.29, 1.82) is 5.41 Å². The molecule has 1 aliphatic rings. The molecule has 1 saturated heterocycles. The third-order valence-electron chi connectivity index (χ3n) is 5.18. The molecular formula is C22H23N3O6. The van der Waals surface area contributed by atoms with Crippen LogP contribution in [0.1, 0.15) is 18.4 Å². The molecule has 1 amide bonds. The second kappa shape index (κ2) is 9.29. The summed E-state index contributed by atoms with van der Waals surface area (Å²) < 4.78 is 5.77. The number of hydrogen-bond acceptors (Lipinski definition) is 5. The predicted molar refractivity (Wildman–Crippen MR) is 112 cm³/mol. The van der Waals surface area contributed by atoms with Crippen LogP contribution in [0.15, 0.2) is 48.5 Å². The Kier molecular flexibility index (Phi) is 6.54. The van der Waals surface area contributed by atoms with Crippen LogP contribution in [0.3, 0.4) is 0 Å². The average molecular weight is 425 g/mol. The van der Waals surface area contributed by atoms with Gasteiger partial charge < -0.3 is 25.6 Å². The fourth-order valence-electron chi connectivity index (χ4n) is 3.64. The second-order valence-corrected chi connectivity index (χ2v) is 7.37. The lowest BCUT2D eigenvalue weighted by molar-refractivity contribution is -0.146. The van der Waals surface area contributed by atoms with E-state index < -0.39 is 36.4 Å². The van der Waals surface area contributed by atoms with Crippen LogP contribution in [0.25, 0.3) is 11.1 Å². The summed E-state index contributed by atoms with van der Waals surface area (Å²) in [6.45, 7) is -0.417. The van der Waals surface area contributed by atoms with Crippen molar-refractivity contribution in [3.63, 3.8) is 0 Å². The summed E-state index contributed by atoms with van der Waals surface area (Å²) in [6, 6.07) is 14.0. The number of ether oxygens (including phenoxy) is 1. The van der Waals surface area contributed by atoms with Gasteiger partial charge in [-0.15, -0.1) is 0 Å². The maximum atomic E-state index is 12.4. The Bertz CT molecular complexity index is 987. The van der Waals surface area contributed by atoms with E-state index in [2.05, 4.69) is 0 Å². The Morgan fingerprint density at radius 3 is 2.13 bits per heavy atom. The first kappa shape index (κ1) is 21.8. The Balaban J connectivity index is 1.65. The van der Waals surface area contributed by atoms with Gasteiger partial charge in [0, 0.05) is 5.56 Å². The van der Waals surface area contributed by atoms with E-state index in [1.165, 1.54) is 4.90 Å². The van der Waals surface area contributed by atoms with Crippen LogP contribution < -0.4 is 10.5 Å². The molecule has 31 heavy (non-hydrogen) atoms. The molecule has 0 aliphatic carbocycles. The zero-order valence-electron chi connectivity index (χ0n) is 16.7. The molecule has 5 N–H and O–H groups in total. The molecule has 2 aromatic rings. The molecule has 1 heterocycles. The zero-order chi connectivity index (χ0) is 22.5. The normalized spacial score (nSPS) is 18.1. The summed E-state index contributed by atoms with van der Waals surface area (Å²) in [4.78, 5) is 35.7. The number of carboxylic acids is 2. The van der Waals surface area contributed by atoms with Crippen LogP contribution in [0.4, 0.5) is 0 Å². The number of nitrogens with one attached hydrogen (secondary N) is 1. The van der Waals surface area contributed by atoms with Crippen LogP contribution in [-0.2, 0) is 14.4 Å². The third-order valence-corrected chi connectivity index (χ3v) is 5.18. The first-order valence-electron chi connectivity index (χ1n) is 9.66. The molecule has 0 aromatic heterocycles. The van der Waals surface area contributed by atoms with Crippen LogP contribution in [0.5, 0.6) is 5.75 Å². The molecule has 9 heteroatoms. The van der Waals surface area contributed by atoms with Crippen LogP contribution in [0.2, 0.25) is 0 Å². The molecule has 2 atom stereocenters. The topological polar surface area (TPSA) is 154 Å². The molecule has 2 aromatic carbocycles. The fraction of sp³-hybridized carbons (Fsp3) is 0.273. The van der Waals surface area contributed by atoms with E-state index in [4.69, 9.17) is 26.1 Å². The lowest BCUT2D eigenvalue weighted by Gasteiger charge is -2.23. The van der Waals surface area contributed by atoms with Crippen molar-refractivity contribution in [2.24, 2.45) is 11.7 Å². The van der Waals surface area contributed by atoms with Gasteiger partial charge in [0.05, 0.1) is 18.4 Å². The quantitative estimate of drug-likeness (QED) is 0.353. The van der Waals surface area contributed by atoms with E-state index in [0.717, 1.165) is 11.1 Å². The van der Waals surface area contributed by atoms with Gasteiger partial charge in [0.15, 0.2) is 0 Å². The highest BCUT2D eigenvalue weighted by Gasteiger charge is 2.41. The van der Waals surface area contributed by atoms with Crippen molar-refractivity contribution in [3.05, 3.63) is 54.1 Å². The number of hydrogen-bond donors (Lipinski definition) is 4. The zero-order valence-corrected chi connectivity index (χ0v) is 16.7. The maximum absolute atomic E-state index is 12.4. The summed E-state index contributed by atoms with van der Waals surface area (Å²) in [5, 5.41) is 25.5. The minimum Gasteiger partial charge on any atom is -0.491 e. The lowest BCUT2D eigenvalue weighted by atomic mass is 10.0. The first-order chi connectivity index (χ1) is 14.7. The Morgan fingerprint density at radius 1 is 1.03 bits per heavy atom. The molecule has 0 spiro atoms. The van der Waals surface area contributed by atoms with E-state index in [1.54, 1.807) is 24.3 Å². The molecule has 9 nitrogen and oxygen atoms in total. The second-order valence-electron chi connectivity index (χ2n) is 7.37. The highest BCUT2D eigenvalue weighted by molar-refractivity contribution is 5.95. The number of carbonyl (C=O) groups excluding carboxylic acids is 1. The molecule has 162 valence electrons. The number of rotatable bonds is 9. The van der Waals surface area contributed by atoms with E-state index in [1.807, 2.05) is 24.3 Å². The van der Waals surface area contributed by atoms with Crippen LogP contribution in [-0.4, -0.2) is 58.0 Å². The lowest BCUT2D eigenvalue weighted by Crippen LogP contribution is -2.41. The molecular weight excluding hydrogens is 402 g/mol. The molecule has 1 fully saturated rings. The Morgan fingerprint density at radius 2 is 1.61 bits per heavy atom. The summed E-state index contributed by atoms with van der Waals surface area (Å²) >= 11 is 0. The minimum atomic E-state index is -1.16. The standard InChI is InChI=1S/C22H23N3O6/c23-21(24)15-3-1-13(2-4-15)14-5-7-18(8-6-14)31-12-17-9-16(10-19(26)27)22(30)25(17)11-20(28)29/h1-8,16-17H,9-12H2,(H3,23,24)(H,26,27)(H,28,29)/t16-,17-/m0/s1. The van der Waals surface area contributed by atoms with Crippen molar-refractivity contribution in [3.8, 4) is 16.9 Å². The molecule has 0 unspecified atom stereocenters. The predicted octanol–water partition coefficient (Wildman–Crippen LogP) is 1.79. The van der Waals surface area contributed by atoms with Gasteiger partial charge in [0.25, 0.3) is 0 Å². The largest absolute Gasteiger partial charge is 0.491 e. The average Bonchev–Trinajstić information content (AvgIpc) is 3.00. The van der Waals surface area contributed by atoms with Crippen LogP contribution >= 0.6 is 0 Å². The summed E-state index contributed by atoms with van der Waals surface area (Å²) in [5.41, 5.74) is 7.99. The molecule has 0 bridgehead atoms. The van der Waals surface area contributed by atoms with Gasteiger partial charge in [0.1, 0.15) is 24.7 Å². The monoisotopic (exact) mass is 425 g/mol. The molecule has 0 radical (unpaired) electrons. The van der Waals surface area contributed by atoms with E-state index >= 15 is 0 Å². The van der Waals surface area contributed by atoms with Gasteiger partial charge >= 0.3 is 11.9 Å². The number of likely N-dealkylation sites (tertiary alicyclic amines) is 1. The number of nitrogen functional groups attached to an aromatic ring is 1. The highest BCUT2D eigenvalue weighted by Crippen LogP contribution is 2.29. The Hall–Kier alpha value is -3.88. The fourth-order valence-corrected chi connectivity index (χ4v) is 3.64. The van der Waals surface area contributed by atoms with Crippen LogP contribution in [0, 0.1) is 11.3 Å². The Labute approximate surface area is 178 Å². The number of carbonyl (C=O) groups is 3. The van der Waals surface area contributed by atoms with Gasteiger partial charge in [0.2, 0.25) is 5.91 Å². The smallest absolute Gasteiger partial charge is 0.323 e. The SMILES string of the molecule is N=C(N)c1ccc(-c2ccc(OC[C@@H]3C[C@@H](CC(=O)O)C(=O)N3CC(=O)O)cc2)cc1. The van der Waals surface area contributed by atoms with E-state index in [0.29, 0.717) is 11.3 Å². The highest BCUT2D eigenvalue weighted by atomic mass is 16.5. The first-order valence-corrected chi connectivity index (χ1v) is 9.66. The van der Waals surface area contributed by atoms with Crippen molar-refractivity contribution < 1.29 is 29.3 Å².